The third-order valence-corrected chi connectivity index (χ3v) is 2.77. The van der Waals surface area contributed by atoms with Gasteiger partial charge in [-0.15, -0.1) is 11.3 Å². The molecule has 2 aromatic rings. The number of H-pyrrole nitrogens is 1. The zero-order valence-corrected chi connectivity index (χ0v) is 7.88. The van der Waals surface area contributed by atoms with Gasteiger partial charge >= 0.3 is 0 Å². The van der Waals surface area contributed by atoms with Gasteiger partial charge in [-0.1, -0.05) is 0 Å². The summed E-state index contributed by atoms with van der Waals surface area (Å²) in [6, 6.07) is 1.90. The zero-order chi connectivity index (χ0) is 9.26. The summed E-state index contributed by atoms with van der Waals surface area (Å²) in [7, 11) is 0. The minimum Gasteiger partial charge on any atom is -0.382 e. The standard InChI is InChI=1S/C8H9N3OS/c1-5-6(2-3-13-5)8(12)7-4-9-11-10-7/h2-4,8,12H,1H3,(H,9,10,11). The topological polar surface area (TPSA) is 61.8 Å². The Labute approximate surface area is 79.2 Å². The number of aromatic nitrogens is 3. The van der Waals surface area contributed by atoms with Gasteiger partial charge in [0.2, 0.25) is 0 Å². The van der Waals surface area contributed by atoms with E-state index >= 15 is 0 Å². The van der Waals surface area contributed by atoms with E-state index in [9.17, 15) is 5.11 Å². The molecule has 4 nitrogen and oxygen atoms in total. The van der Waals surface area contributed by atoms with E-state index in [2.05, 4.69) is 15.4 Å². The molecular formula is C8H9N3OS. The number of nitrogens with zero attached hydrogens (tertiary/aromatic N) is 2. The van der Waals surface area contributed by atoms with Gasteiger partial charge in [-0.3, -0.25) is 0 Å². The summed E-state index contributed by atoms with van der Waals surface area (Å²) >= 11 is 1.61. The quantitative estimate of drug-likeness (QED) is 0.758. The second-order valence-corrected chi connectivity index (χ2v) is 3.85. The summed E-state index contributed by atoms with van der Waals surface area (Å²) in [5.41, 5.74) is 1.46. The van der Waals surface area contributed by atoms with Crippen molar-refractivity contribution in [3.8, 4) is 0 Å². The third-order valence-electron chi connectivity index (χ3n) is 1.91. The molecule has 2 rings (SSSR count). The summed E-state index contributed by atoms with van der Waals surface area (Å²) < 4.78 is 0. The number of nitrogens with one attached hydrogen (secondary N) is 1. The maximum absolute atomic E-state index is 9.83. The Kier molecular flexibility index (Phi) is 2.12. The van der Waals surface area contributed by atoms with Crippen LogP contribution in [-0.4, -0.2) is 20.5 Å². The van der Waals surface area contributed by atoms with Crippen molar-refractivity contribution >= 4 is 11.3 Å². The first-order chi connectivity index (χ1) is 6.29. The van der Waals surface area contributed by atoms with Gasteiger partial charge in [0.05, 0.1) is 6.20 Å². The van der Waals surface area contributed by atoms with Crippen molar-refractivity contribution in [1.29, 1.82) is 0 Å². The second kappa shape index (κ2) is 3.27. The number of hydrogen-bond acceptors (Lipinski definition) is 4. The van der Waals surface area contributed by atoms with Gasteiger partial charge < -0.3 is 5.11 Å². The average Bonchev–Trinajstić information content (AvgIpc) is 2.72. The first kappa shape index (κ1) is 8.40. The van der Waals surface area contributed by atoms with Gasteiger partial charge in [0, 0.05) is 10.4 Å². The van der Waals surface area contributed by atoms with Gasteiger partial charge in [0.1, 0.15) is 11.8 Å². The van der Waals surface area contributed by atoms with Crippen LogP contribution < -0.4 is 0 Å². The van der Waals surface area contributed by atoms with E-state index in [-0.39, 0.29) is 0 Å². The number of thiophene rings is 1. The Balaban J connectivity index is 2.33. The Morgan fingerprint density at radius 2 is 2.46 bits per heavy atom. The highest BCUT2D eigenvalue weighted by molar-refractivity contribution is 7.10. The first-order valence-corrected chi connectivity index (χ1v) is 4.74. The highest BCUT2D eigenvalue weighted by Gasteiger charge is 2.15. The van der Waals surface area contributed by atoms with Crippen molar-refractivity contribution in [2.24, 2.45) is 0 Å². The van der Waals surface area contributed by atoms with Gasteiger partial charge in [0.15, 0.2) is 0 Å². The molecule has 0 amide bonds. The summed E-state index contributed by atoms with van der Waals surface area (Å²) in [6.07, 6.45) is 0.867. The lowest BCUT2D eigenvalue weighted by molar-refractivity contribution is 0.215. The highest BCUT2D eigenvalue weighted by Crippen LogP contribution is 2.25. The van der Waals surface area contributed by atoms with Gasteiger partial charge in [-0.2, -0.15) is 15.4 Å². The Bertz CT molecular complexity index is 382. The summed E-state index contributed by atoms with van der Waals surface area (Å²) in [6.45, 7) is 1.98. The average molecular weight is 195 g/mol. The molecule has 5 heteroatoms. The molecular weight excluding hydrogens is 186 g/mol. The summed E-state index contributed by atoms with van der Waals surface area (Å²) in [4.78, 5) is 1.11. The summed E-state index contributed by atoms with van der Waals surface area (Å²) in [5.74, 6) is 0. The van der Waals surface area contributed by atoms with E-state index in [4.69, 9.17) is 0 Å². The van der Waals surface area contributed by atoms with Crippen LogP contribution in [0.15, 0.2) is 17.6 Å². The third kappa shape index (κ3) is 1.48. The van der Waals surface area contributed by atoms with E-state index in [1.165, 1.54) is 6.20 Å². The molecule has 0 spiro atoms. The second-order valence-electron chi connectivity index (χ2n) is 2.73. The van der Waals surface area contributed by atoms with Crippen molar-refractivity contribution in [2.45, 2.75) is 13.0 Å². The first-order valence-electron chi connectivity index (χ1n) is 3.87. The number of rotatable bonds is 2. The Morgan fingerprint density at radius 1 is 1.62 bits per heavy atom. The van der Waals surface area contributed by atoms with Crippen LogP contribution in [0.4, 0.5) is 0 Å². The monoisotopic (exact) mass is 195 g/mol. The molecule has 2 heterocycles. The highest BCUT2D eigenvalue weighted by atomic mass is 32.1. The number of aliphatic hydroxyl groups is 1. The molecule has 0 saturated heterocycles. The van der Waals surface area contributed by atoms with Gasteiger partial charge in [0.25, 0.3) is 0 Å². The molecule has 68 valence electrons. The lowest BCUT2D eigenvalue weighted by Crippen LogP contribution is -1.99. The van der Waals surface area contributed by atoms with Gasteiger partial charge in [-0.05, 0) is 18.4 Å². The molecule has 1 unspecified atom stereocenters. The molecule has 2 aromatic heterocycles. The predicted molar refractivity (Wildman–Crippen MR) is 49.5 cm³/mol. The van der Waals surface area contributed by atoms with Crippen LogP contribution in [0.2, 0.25) is 0 Å². The van der Waals surface area contributed by atoms with E-state index in [0.717, 1.165) is 10.4 Å². The van der Waals surface area contributed by atoms with Crippen LogP contribution in [0.25, 0.3) is 0 Å². The molecule has 0 aliphatic carbocycles. The van der Waals surface area contributed by atoms with Crippen molar-refractivity contribution in [3.63, 3.8) is 0 Å². The molecule has 0 fully saturated rings. The molecule has 0 radical (unpaired) electrons. The number of aliphatic hydroxyl groups excluding tert-OH is 1. The molecule has 2 N–H and O–H groups in total. The van der Waals surface area contributed by atoms with Crippen molar-refractivity contribution in [1.82, 2.24) is 15.4 Å². The van der Waals surface area contributed by atoms with Crippen LogP contribution in [-0.2, 0) is 0 Å². The Hall–Kier alpha value is -1.20. The summed E-state index contributed by atoms with van der Waals surface area (Å²) in [5, 5.41) is 21.7. The fourth-order valence-corrected chi connectivity index (χ4v) is 1.91. The molecule has 0 aromatic carbocycles. The van der Waals surface area contributed by atoms with E-state index in [1.54, 1.807) is 11.3 Å². The Morgan fingerprint density at radius 3 is 3.00 bits per heavy atom. The largest absolute Gasteiger partial charge is 0.382 e. The van der Waals surface area contributed by atoms with Crippen LogP contribution in [0.3, 0.4) is 0 Å². The molecule has 13 heavy (non-hydrogen) atoms. The SMILES string of the molecule is Cc1sccc1C(O)c1cn[nH]n1. The minimum atomic E-state index is -0.662. The fraction of sp³-hybridized carbons (Fsp3) is 0.250. The lowest BCUT2D eigenvalue weighted by atomic mass is 10.1. The number of aryl methyl sites for hydroxylation is 1. The number of aromatic amines is 1. The minimum absolute atomic E-state index is 0.557. The van der Waals surface area contributed by atoms with Crippen LogP contribution in [0.5, 0.6) is 0 Å². The van der Waals surface area contributed by atoms with Crippen molar-refractivity contribution in [2.75, 3.05) is 0 Å². The lowest BCUT2D eigenvalue weighted by Gasteiger charge is -2.05. The normalized spacial score (nSPS) is 13.1. The van der Waals surface area contributed by atoms with E-state index < -0.39 is 6.10 Å². The van der Waals surface area contributed by atoms with Gasteiger partial charge in [-0.25, -0.2) is 0 Å². The van der Waals surface area contributed by atoms with Crippen LogP contribution in [0.1, 0.15) is 22.2 Å². The maximum Gasteiger partial charge on any atom is 0.125 e. The molecule has 0 saturated carbocycles. The molecule has 0 aliphatic heterocycles. The van der Waals surface area contributed by atoms with E-state index in [0.29, 0.717) is 5.69 Å². The molecule has 1 atom stereocenters. The van der Waals surface area contributed by atoms with Crippen molar-refractivity contribution in [3.05, 3.63) is 33.8 Å². The number of hydrogen-bond donors (Lipinski definition) is 2. The smallest absolute Gasteiger partial charge is 0.125 e. The van der Waals surface area contributed by atoms with E-state index in [1.807, 2.05) is 18.4 Å². The predicted octanol–water partition coefficient (Wildman–Crippen LogP) is 1.26. The van der Waals surface area contributed by atoms with Crippen molar-refractivity contribution < 1.29 is 5.11 Å². The molecule has 0 bridgehead atoms. The maximum atomic E-state index is 9.83. The fourth-order valence-electron chi connectivity index (χ4n) is 1.18. The van der Waals surface area contributed by atoms with Crippen LogP contribution in [0, 0.1) is 6.92 Å². The molecule has 0 aliphatic rings. The zero-order valence-electron chi connectivity index (χ0n) is 7.06. The van der Waals surface area contributed by atoms with Crippen LogP contribution >= 0.6 is 11.3 Å².